The lowest BCUT2D eigenvalue weighted by Crippen LogP contribution is -2.13. The van der Waals surface area contributed by atoms with Crippen molar-refractivity contribution in [1.82, 2.24) is 0 Å². The van der Waals surface area contributed by atoms with Gasteiger partial charge in [-0.25, -0.2) is 0 Å². The first kappa shape index (κ1) is 14.1. The van der Waals surface area contributed by atoms with Crippen molar-refractivity contribution in [3.8, 4) is 0 Å². The fraction of sp³-hybridized carbons (Fsp3) is 0.188. The number of amides is 1. The Labute approximate surface area is 119 Å². The summed E-state index contributed by atoms with van der Waals surface area (Å²) in [5.41, 5.74) is 9.00. The number of nitrogens with one attached hydrogen (secondary N) is 1. The summed E-state index contributed by atoms with van der Waals surface area (Å²) in [6.45, 7) is 0.479. The minimum atomic E-state index is -0.121. The molecule has 4 heteroatoms. The minimum absolute atomic E-state index is 0.121. The van der Waals surface area contributed by atoms with E-state index in [1.165, 1.54) is 0 Å². The molecule has 2 aromatic rings. The first-order chi connectivity index (χ1) is 9.60. The van der Waals surface area contributed by atoms with E-state index in [2.05, 4.69) is 5.32 Å². The van der Waals surface area contributed by atoms with Gasteiger partial charge < -0.3 is 16.0 Å². The van der Waals surface area contributed by atoms with Crippen LogP contribution in [0, 0.1) is 0 Å². The number of nitrogens with zero attached hydrogens (tertiary/aromatic N) is 1. The highest BCUT2D eigenvalue weighted by Gasteiger charge is 2.06. The SMILES string of the molecule is CN(C)c1cccc(NC(=O)c2ccc(CN)cc2)c1. The van der Waals surface area contributed by atoms with Gasteiger partial charge in [0.25, 0.3) is 5.91 Å². The van der Waals surface area contributed by atoms with Crippen LogP contribution in [0.5, 0.6) is 0 Å². The maximum Gasteiger partial charge on any atom is 0.255 e. The van der Waals surface area contributed by atoms with Crippen molar-refractivity contribution in [1.29, 1.82) is 0 Å². The van der Waals surface area contributed by atoms with Crippen LogP contribution >= 0.6 is 0 Å². The van der Waals surface area contributed by atoms with E-state index < -0.39 is 0 Å². The van der Waals surface area contributed by atoms with Gasteiger partial charge in [0.15, 0.2) is 0 Å². The third kappa shape index (κ3) is 3.36. The van der Waals surface area contributed by atoms with E-state index in [-0.39, 0.29) is 5.91 Å². The topological polar surface area (TPSA) is 58.4 Å². The van der Waals surface area contributed by atoms with Crippen LogP contribution in [0.2, 0.25) is 0 Å². The van der Waals surface area contributed by atoms with Crippen molar-refractivity contribution in [2.24, 2.45) is 5.73 Å². The number of nitrogens with two attached hydrogens (primary N) is 1. The van der Waals surface area contributed by atoms with Crippen molar-refractivity contribution < 1.29 is 4.79 Å². The van der Waals surface area contributed by atoms with E-state index >= 15 is 0 Å². The van der Waals surface area contributed by atoms with Crippen molar-refractivity contribution in [2.45, 2.75) is 6.54 Å². The Hall–Kier alpha value is -2.33. The molecule has 0 radical (unpaired) electrons. The standard InChI is InChI=1S/C16H19N3O/c1-19(2)15-5-3-4-14(10-15)18-16(20)13-8-6-12(11-17)7-9-13/h3-10H,11,17H2,1-2H3,(H,18,20). The first-order valence-electron chi connectivity index (χ1n) is 6.48. The van der Waals surface area contributed by atoms with Gasteiger partial charge in [0.2, 0.25) is 0 Å². The summed E-state index contributed by atoms with van der Waals surface area (Å²) in [5, 5.41) is 2.89. The Kier molecular flexibility index (Phi) is 4.38. The summed E-state index contributed by atoms with van der Waals surface area (Å²) in [6.07, 6.45) is 0. The Morgan fingerprint density at radius 1 is 1.15 bits per heavy atom. The highest BCUT2D eigenvalue weighted by Crippen LogP contribution is 2.18. The van der Waals surface area contributed by atoms with Gasteiger partial charge in [0, 0.05) is 37.6 Å². The van der Waals surface area contributed by atoms with Gasteiger partial charge in [-0.1, -0.05) is 18.2 Å². The molecular formula is C16H19N3O. The van der Waals surface area contributed by atoms with Crippen LogP contribution in [0.1, 0.15) is 15.9 Å². The molecule has 0 fully saturated rings. The van der Waals surface area contributed by atoms with Gasteiger partial charge in [-0.3, -0.25) is 4.79 Å². The minimum Gasteiger partial charge on any atom is -0.378 e. The summed E-state index contributed by atoms with van der Waals surface area (Å²) in [6, 6.07) is 15.0. The average molecular weight is 269 g/mol. The zero-order chi connectivity index (χ0) is 14.5. The molecule has 1 amide bonds. The molecule has 0 saturated heterocycles. The molecule has 0 aliphatic rings. The van der Waals surface area contributed by atoms with Gasteiger partial charge in [-0.2, -0.15) is 0 Å². The van der Waals surface area contributed by atoms with Crippen molar-refractivity contribution in [3.63, 3.8) is 0 Å². The predicted octanol–water partition coefficient (Wildman–Crippen LogP) is 2.46. The van der Waals surface area contributed by atoms with E-state index in [4.69, 9.17) is 5.73 Å². The number of hydrogen-bond acceptors (Lipinski definition) is 3. The molecule has 2 aromatic carbocycles. The zero-order valence-corrected chi connectivity index (χ0v) is 11.8. The Morgan fingerprint density at radius 3 is 2.45 bits per heavy atom. The number of carbonyl (C=O) groups excluding carboxylic acids is 1. The lowest BCUT2D eigenvalue weighted by atomic mass is 10.1. The van der Waals surface area contributed by atoms with Gasteiger partial charge in [0.1, 0.15) is 0 Å². The molecule has 0 aromatic heterocycles. The van der Waals surface area contributed by atoms with Gasteiger partial charge in [-0.15, -0.1) is 0 Å². The maximum absolute atomic E-state index is 12.1. The molecule has 0 atom stereocenters. The lowest BCUT2D eigenvalue weighted by molar-refractivity contribution is 0.102. The fourth-order valence-corrected chi connectivity index (χ4v) is 1.86. The van der Waals surface area contributed by atoms with Crippen molar-refractivity contribution in [3.05, 3.63) is 59.7 Å². The van der Waals surface area contributed by atoms with Gasteiger partial charge >= 0.3 is 0 Å². The van der Waals surface area contributed by atoms with Gasteiger partial charge in [-0.05, 0) is 35.9 Å². The van der Waals surface area contributed by atoms with Crippen LogP contribution in [0.4, 0.5) is 11.4 Å². The monoisotopic (exact) mass is 269 g/mol. The Bertz CT molecular complexity index is 591. The van der Waals surface area contributed by atoms with Gasteiger partial charge in [0.05, 0.1) is 0 Å². The molecule has 0 spiro atoms. The first-order valence-corrected chi connectivity index (χ1v) is 6.48. The van der Waals surface area contributed by atoms with Crippen molar-refractivity contribution >= 4 is 17.3 Å². The second-order valence-electron chi connectivity index (χ2n) is 4.80. The van der Waals surface area contributed by atoms with E-state index in [0.29, 0.717) is 12.1 Å². The van der Waals surface area contributed by atoms with Crippen LogP contribution in [-0.2, 0) is 6.54 Å². The molecule has 4 nitrogen and oxygen atoms in total. The highest BCUT2D eigenvalue weighted by atomic mass is 16.1. The Balaban J connectivity index is 2.12. The van der Waals surface area contributed by atoms with E-state index in [9.17, 15) is 4.79 Å². The number of rotatable bonds is 4. The molecule has 0 unspecified atom stereocenters. The molecule has 104 valence electrons. The summed E-state index contributed by atoms with van der Waals surface area (Å²) in [7, 11) is 3.93. The lowest BCUT2D eigenvalue weighted by Gasteiger charge is -2.14. The second kappa shape index (κ2) is 6.21. The fourth-order valence-electron chi connectivity index (χ4n) is 1.86. The summed E-state index contributed by atoms with van der Waals surface area (Å²) >= 11 is 0. The number of benzene rings is 2. The molecule has 0 heterocycles. The molecule has 0 aliphatic carbocycles. The zero-order valence-electron chi connectivity index (χ0n) is 11.8. The molecule has 0 saturated carbocycles. The molecule has 0 aliphatic heterocycles. The number of hydrogen-bond donors (Lipinski definition) is 2. The smallest absolute Gasteiger partial charge is 0.255 e. The third-order valence-corrected chi connectivity index (χ3v) is 3.07. The third-order valence-electron chi connectivity index (χ3n) is 3.07. The largest absolute Gasteiger partial charge is 0.378 e. The van der Waals surface area contributed by atoms with Crippen molar-refractivity contribution in [2.75, 3.05) is 24.3 Å². The van der Waals surface area contributed by atoms with Crippen LogP contribution < -0.4 is 16.0 Å². The van der Waals surface area contributed by atoms with Crippen LogP contribution in [0.15, 0.2) is 48.5 Å². The number of carbonyl (C=O) groups is 1. The number of anilines is 2. The second-order valence-corrected chi connectivity index (χ2v) is 4.80. The summed E-state index contributed by atoms with van der Waals surface area (Å²) in [4.78, 5) is 14.1. The van der Waals surface area contributed by atoms with Crippen LogP contribution in [-0.4, -0.2) is 20.0 Å². The van der Waals surface area contributed by atoms with Crippen LogP contribution in [0.3, 0.4) is 0 Å². The summed E-state index contributed by atoms with van der Waals surface area (Å²) < 4.78 is 0. The maximum atomic E-state index is 12.1. The highest BCUT2D eigenvalue weighted by molar-refractivity contribution is 6.04. The molecule has 3 N–H and O–H groups in total. The molecule has 0 bridgehead atoms. The average Bonchev–Trinajstić information content (AvgIpc) is 2.47. The predicted molar refractivity (Wildman–Crippen MR) is 83.1 cm³/mol. The molecular weight excluding hydrogens is 250 g/mol. The molecule has 2 rings (SSSR count). The summed E-state index contributed by atoms with van der Waals surface area (Å²) in [5.74, 6) is -0.121. The normalized spacial score (nSPS) is 10.2. The van der Waals surface area contributed by atoms with E-state index in [1.54, 1.807) is 12.1 Å². The Morgan fingerprint density at radius 2 is 1.85 bits per heavy atom. The van der Waals surface area contributed by atoms with E-state index in [1.807, 2.05) is 55.4 Å². The van der Waals surface area contributed by atoms with Crippen LogP contribution in [0.25, 0.3) is 0 Å². The van der Waals surface area contributed by atoms with E-state index in [0.717, 1.165) is 16.9 Å². The molecule has 20 heavy (non-hydrogen) atoms. The quantitative estimate of drug-likeness (QED) is 0.896.